The zero-order valence-electron chi connectivity index (χ0n) is 14.4. The number of aromatic nitrogens is 5. The molecule has 0 radical (unpaired) electrons. The van der Waals surface area contributed by atoms with Gasteiger partial charge < -0.3 is 9.42 Å². The molecule has 0 aliphatic carbocycles. The van der Waals surface area contributed by atoms with Gasteiger partial charge in [0.15, 0.2) is 5.82 Å². The molecule has 0 spiro atoms. The van der Waals surface area contributed by atoms with Gasteiger partial charge in [0.25, 0.3) is 0 Å². The highest BCUT2D eigenvalue weighted by Gasteiger charge is 2.27. The summed E-state index contributed by atoms with van der Waals surface area (Å²) in [5.74, 6) is 1.67. The van der Waals surface area contributed by atoms with Crippen LogP contribution in [0.1, 0.15) is 18.5 Å². The van der Waals surface area contributed by atoms with Gasteiger partial charge in [-0.05, 0) is 25.8 Å². The number of nitrogens with one attached hydrogen (secondary N) is 1. The summed E-state index contributed by atoms with van der Waals surface area (Å²) in [6.45, 7) is 3.25. The van der Waals surface area contributed by atoms with E-state index in [1.165, 1.54) is 6.33 Å². The summed E-state index contributed by atoms with van der Waals surface area (Å²) in [4.78, 5) is 23.3. The molecule has 1 N–H and O–H groups in total. The Kier molecular flexibility index (Phi) is 4.34. The van der Waals surface area contributed by atoms with Gasteiger partial charge in [-0.15, -0.1) is 0 Å². The van der Waals surface area contributed by atoms with E-state index in [2.05, 4.69) is 30.4 Å². The zero-order chi connectivity index (χ0) is 17.9. The molecular formula is C17H19N7O2. The highest BCUT2D eigenvalue weighted by molar-refractivity contribution is 5.91. The van der Waals surface area contributed by atoms with Crippen molar-refractivity contribution in [3.05, 3.63) is 42.6 Å². The molecule has 9 heteroatoms. The fourth-order valence-corrected chi connectivity index (χ4v) is 3.08. The molecule has 9 nitrogen and oxygen atoms in total. The molecule has 4 rings (SSSR count). The topological polar surface area (TPSA) is 102 Å². The number of carbonyl (C=O) groups excluding carboxylic acids is 1. The molecule has 1 aliphatic rings. The van der Waals surface area contributed by atoms with Crippen molar-refractivity contribution in [2.24, 2.45) is 5.92 Å². The van der Waals surface area contributed by atoms with Crippen molar-refractivity contribution in [3.8, 4) is 5.82 Å². The Balaban J connectivity index is 1.46. The first-order valence-electron chi connectivity index (χ1n) is 8.50. The molecule has 1 saturated heterocycles. The molecule has 1 unspecified atom stereocenters. The number of rotatable bonds is 4. The first-order chi connectivity index (χ1) is 12.7. The minimum absolute atomic E-state index is 0.0628. The van der Waals surface area contributed by atoms with Gasteiger partial charge in [0.2, 0.25) is 11.8 Å². The van der Waals surface area contributed by atoms with Crippen LogP contribution in [0.15, 0.2) is 41.4 Å². The predicted molar refractivity (Wildman–Crippen MR) is 94.0 cm³/mol. The molecule has 0 saturated carbocycles. The average Bonchev–Trinajstić information content (AvgIpc) is 3.34. The van der Waals surface area contributed by atoms with E-state index in [9.17, 15) is 4.79 Å². The van der Waals surface area contributed by atoms with Gasteiger partial charge in [-0.3, -0.25) is 10.1 Å². The third kappa shape index (κ3) is 3.41. The third-order valence-corrected chi connectivity index (χ3v) is 4.37. The van der Waals surface area contributed by atoms with Crippen LogP contribution in [0, 0.1) is 12.8 Å². The average molecular weight is 353 g/mol. The Morgan fingerprint density at radius 1 is 1.31 bits per heavy atom. The van der Waals surface area contributed by atoms with Gasteiger partial charge in [0, 0.05) is 37.6 Å². The quantitative estimate of drug-likeness (QED) is 0.763. The summed E-state index contributed by atoms with van der Waals surface area (Å²) in [7, 11) is 0. The van der Waals surface area contributed by atoms with Crippen molar-refractivity contribution in [2.75, 3.05) is 23.3 Å². The van der Waals surface area contributed by atoms with Crippen LogP contribution in [0.25, 0.3) is 5.82 Å². The van der Waals surface area contributed by atoms with E-state index in [0.29, 0.717) is 18.2 Å². The minimum atomic E-state index is -0.141. The number of hydrogen-bond acceptors (Lipinski definition) is 7. The molecule has 3 aromatic heterocycles. The summed E-state index contributed by atoms with van der Waals surface area (Å²) in [5, 5.41) is 10.8. The predicted octanol–water partition coefficient (Wildman–Crippen LogP) is 1.81. The van der Waals surface area contributed by atoms with Crippen molar-refractivity contribution in [2.45, 2.75) is 19.8 Å². The van der Waals surface area contributed by atoms with Crippen LogP contribution in [0.3, 0.4) is 0 Å². The zero-order valence-corrected chi connectivity index (χ0v) is 14.4. The molecule has 1 amide bonds. The maximum atomic E-state index is 12.5. The van der Waals surface area contributed by atoms with Gasteiger partial charge in [-0.2, -0.15) is 5.10 Å². The molecule has 1 fully saturated rings. The van der Waals surface area contributed by atoms with E-state index < -0.39 is 0 Å². The lowest BCUT2D eigenvalue weighted by atomic mass is 9.97. The van der Waals surface area contributed by atoms with Crippen LogP contribution in [-0.2, 0) is 4.79 Å². The van der Waals surface area contributed by atoms with Crippen molar-refractivity contribution in [1.82, 2.24) is 24.9 Å². The van der Waals surface area contributed by atoms with Crippen LogP contribution in [0.4, 0.5) is 11.7 Å². The molecule has 134 valence electrons. The van der Waals surface area contributed by atoms with Crippen LogP contribution in [0.5, 0.6) is 0 Å². The van der Waals surface area contributed by atoms with Crippen LogP contribution < -0.4 is 10.2 Å². The summed E-state index contributed by atoms with van der Waals surface area (Å²) in [5.41, 5.74) is 0.734. The second kappa shape index (κ2) is 6.95. The van der Waals surface area contributed by atoms with Crippen LogP contribution in [0.2, 0.25) is 0 Å². The molecule has 26 heavy (non-hydrogen) atoms. The van der Waals surface area contributed by atoms with E-state index in [-0.39, 0.29) is 11.8 Å². The first-order valence-corrected chi connectivity index (χ1v) is 8.50. The third-order valence-electron chi connectivity index (χ3n) is 4.37. The Bertz CT molecular complexity index is 890. The lowest BCUT2D eigenvalue weighted by molar-refractivity contribution is -0.120. The SMILES string of the molecule is Cc1cc(NC(=O)C2CCCN(c3cc(-n4cccn4)ncn3)C2)on1. The Morgan fingerprint density at radius 2 is 2.19 bits per heavy atom. The Hall–Kier alpha value is -3.23. The fourth-order valence-electron chi connectivity index (χ4n) is 3.08. The highest BCUT2D eigenvalue weighted by atomic mass is 16.5. The van der Waals surface area contributed by atoms with E-state index in [0.717, 1.165) is 30.9 Å². The highest BCUT2D eigenvalue weighted by Crippen LogP contribution is 2.23. The smallest absolute Gasteiger partial charge is 0.231 e. The standard InChI is InChI=1S/C17H19N7O2/c1-12-8-16(26-22-12)21-17(25)13-4-2-6-23(10-13)14-9-15(19-11-18-14)24-7-3-5-20-24/h3,5,7-9,11,13H,2,4,6,10H2,1H3,(H,21,25). The van der Waals surface area contributed by atoms with E-state index >= 15 is 0 Å². The minimum Gasteiger partial charge on any atom is -0.356 e. The van der Waals surface area contributed by atoms with Gasteiger partial charge in [-0.1, -0.05) is 5.16 Å². The van der Waals surface area contributed by atoms with Crippen molar-refractivity contribution >= 4 is 17.6 Å². The summed E-state index contributed by atoms with van der Waals surface area (Å²) >= 11 is 0. The van der Waals surface area contributed by atoms with Gasteiger partial charge in [0.05, 0.1) is 11.6 Å². The molecule has 1 atom stereocenters. The van der Waals surface area contributed by atoms with Crippen molar-refractivity contribution in [3.63, 3.8) is 0 Å². The molecule has 0 bridgehead atoms. The molecule has 0 aromatic carbocycles. The van der Waals surface area contributed by atoms with Crippen molar-refractivity contribution in [1.29, 1.82) is 0 Å². The number of aryl methyl sites for hydroxylation is 1. The van der Waals surface area contributed by atoms with Gasteiger partial charge in [-0.25, -0.2) is 14.6 Å². The number of carbonyl (C=O) groups is 1. The molecule has 4 heterocycles. The largest absolute Gasteiger partial charge is 0.356 e. The number of hydrogen-bond donors (Lipinski definition) is 1. The first kappa shape index (κ1) is 16.2. The van der Waals surface area contributed by atoms with Crippen LogP contribution >= 0.6 is 0 Å². The monoisotopic (exact) mass is 353 g/mol. The summed E-state index contributed by atoms with van der Waals surface area (Å²) in [6.07, 6.45) is 6.79. The lowest BCUT2D eigenvalue weighted by Crippen LogP contribution is -2.41. The molecule has 3 aromatic rings. The van der Waals surface area contributed by atoms with E-state index in [1.807, 2.05) is 25.3 Å². The van der Waals surface area contributed by atoms with E-state index in [4.69, 9.17) is 4.52 Å². The van der Waals surface area contributed by atoms with Gasteiger partial charge >= 0.3 is 0 Å². The second-order valence-electron chi connectivity index (χ2n) is 6.29. The maximum Gasteiger partial charge on any atom is 0.231 e. The second-order valence-corrected chi connectivity index (χ2v) is 6.29. The molecule has 1 aliphatic heterocycles. The number of piperidine rings is 1. The van der Waals surface area contributed by atoms with Crippen molar-refractivity contribution < 1.29 is 9.32 Å². The van der Waals surface area contributed by atoms with Crippen LogP contribution in [-0.4, -0.2) is 43.9 Å². The van der Waals surface area contributed by atoms with E-state index in [1.54, 1.807) is 16.9 Å². The van der Waals surface area contributed by atoms with Gasteiger partial charge in [0.1, 0.15) is 12.1 Å². The maximum absolute atomic E-state index is 12.5. The fraction of sp³-hybridized carbons (Fsp3) is 0.353. The number of amides is 1. The Labute approximate surface area is 150 Å². The number of nitrogens with zero attached hydrogens (tertiary/aromatic N) is 6. The Morgan fingerprint density at radius 3 is 2.96 bits per heavy atom. The summed E-state index contributed by atoms with van der Waals surface area (Å²) < 4.78 is 6.75. The summed E-state index contributed by atoms with van der Waals surface area (Å²) in [6, 6.07) is 5.43. The number of anilines is 2. The molecular weight excluding hydrogens is 334 g/mol. The normalized spacial score (nSPS) is 17.3. The lowest BCUT2D eigenvalue weighted by Gasteiger charge is -2.32.